The number of phenols is 1. The topological polar surface area (TPSA) is 53.0 Å². The fourth-order valence-corrected chi connectivity index (χ4v) is 4.19. The molecule has 0 radical (unpaired) electrons. The predicted molar refractivity (Wildman–Crippen MR) is 105 cm³/mol. The molecule has 0 aliphatic carbocycles. The first-order valence-electron chi connectivity index (χ1n) is 9.65. The van der Waals surface area contributed by atoms with Crippen molar-refractivity contribution in [3.63, 3.8) is 0 Å². The normalized spacial score (nSPS) is 23.4. The van der Waals surface area contributed by atoms with Crippen LogP contribution in [0.25, 0.3) is 0 Å². The van der Waals surface area contributed by atoms with Gasteiger partial charge in [-0.15, -0.1) is 0 Å². The van der Waals surface area contributed by atoms with Gasteiger partial charge in [-0.2, -0.15) is 0 Å². The van der Waals surface area contributed by atoms with Crippen LogP contribution in [0.4, 0.5) is 10.1 Å². The molecule has 2 saturated heterocycles. The van der Waals surface area contributed by atoms with Crippen molar-refractivity contribution in [2.75, 3.05) is 31.1 Å². The smallest absolute Gasteiger partial charge is 0.253 e. The largest absolute Gasteiger partial charge is 0.508 e. The third-order valence-corrected chi connectivity index (χ3v) is 5.64. The number of aryl methyl sites for hydroxylation is 1. The van der Waals surface area contributed by atoms with E-state index in [9.17, 15) is 14.3 Å². The number of carbonyl (C=O) groups excluding carboxylic acids is 1. The first-order chi connectivity index (χ1) is 13.4. The molecule has 0 bridgehead atoms. The molecule has 1 amide bonds. The van der Waals surface area contributed by atoms with Crippen LogP contribution in [0, 0.1) is 12.7 Å². The van der Waals surface area contributed by atoms with Gasteiger partial charge in [-0.05, 0) is 62.2 Å². The lowest BCUT2D eigenvalue weighted by Gasteiger charge is -2.47. The standard InChI is InChI=1S/C22H25FN2O3/c1-16-3-4-17(20(26)11-16)12-24-10-2-9-22(14-24)15-25(21(27)13-28-22)19-7-5-18(23)6-8-19/h3-8,11,26H,2,9-10,12-15H2,1H3. The summed E-state index contributed by atoms with van der Waals surface area (Å²) in [4.78, 5) is 16.4. The Morgan fingerprint density at radius 1 is 1.18 bits per heavy atom. The zero-order valence-corrected chi connectivity index (χ0v) is 16.0. The minimum Gasteiger partial charge on any atom is -0.508 e. The van der Waals surface area contributed by atoms with E-state index in [-0.39, 0.29) is 18.3 Å². The van der Waals surface area contributed by atoms with Gasteiger partial charge in [0.15, 0.2) is 0 Å². The van der Waals surface area contributed by atoms with Crippen molar-refractivity contribution in [3.05, 3.63) is 59.4 Å². The Morgan fingerprint density at radius 3 is 2.71 bits per heavy atom. The number of hydrogen-bond acceptors (Lipinski definition) is 4. The maximum absolute atomic E-state index is 13.3. The summed E-state index contributed by atoms with van der Waals surface area (Å²) in [5.74, 6) is -0.112. The predicted octanol–water partition coefficient (Wildman–Crippen LogP) is 3.24. The van der Waals surface area contributed by atoms with Crippen LogP contribution in [-0.4, -0.2) is 47.8 Å². The molecule has 4 rings (SSSR count). The van der Waals surface area contributed by atoms with Crippen molar-refractivity contribution in [1.82, 2.24) is 4.90 Å². The summed E-state index contributed by atoms with van der Waals surface area (Å²) in [6, 6.07) is 11.8. The maximum atomic E-state index is 13.3. The van der Waals surface area contributed by atoms with Gasteiger partial charge in [0.05, 0.1) is 12.1 Å². The van der Waals surface area contributed by atoms with Crippen LogP contribution >= 0.6 is 0 Å². The highest BCUT2D eigenvalue weighted by atomic mass is 19.1. The molecule has 0 saturated carbocycles. The second-order valence-electron chi connectivity index (χ2n) is 7.87. The Morgan fingerprint density at radius 2 is 1.96 bits per heavy atom. The average Bonchev–Trinajstić information content (AvgIpc) is 2.67. The van der Waals surface area contributed by atoms with Crippen LogP contribution in [-0.2, 0) is 16.1 Å². The minimum absolute atomic E-state index is 0.0288. The number of benzene rings is 2. The van der Waals surface area contributed by atoms with E-state index in [1.54, 1.807) is 23.1 Å². The fourth-order valence-electron chi connectivity index (χ4n) is 4.19. The number of nitrogens with zero attached hydrogens (tertiary/aromatic N) is 2. The zero-order chi connectivity index (χ0) is 19.7. The van der Waals surface area contributed by atoms with E-state index < -0.39 is 5.60 Å². The number of rotatable bonds is 3. The fraction of sp³-hybridized carbons (Fsp3) is 0.409. The number of likely N-dealkylation sites (tertiary alicyclic amines) is 1. The van der Waals surface area contributed by atoms with Crippen molar-refractivity contribution < 1.29 is 19.0 Å². The molecule has 2 aliphatic heterocycles. The van der Waals surface area contributed by atoms with Crippen LogP contribution in [0.2, 0.25) is 0 Å². The number of phenolic OH excluding ortho intramolecular Hbond substituents is 1. The molecule has 0 aromatic heterocycles. The van der Waals surface area contributed by atoms with Crippen molar-refractivity contribution >= 4 is 11.6 Å². The van der Waals surface area contributed by atoms with Gasteiger partial charge in [-0.1, -0.05) is 12.1 Å². The van der Waals surface area contributed by atoms with Gasteiger partial charge in [0.2, 0.25) is 0 Å². The Kier molecular flexibility index (Phi) is 5.08. The van der Waals surface area contributed by atoms with Crippen LogP contribution in [0.3, 0.4) is 0 Å². The highest BCUT2D eigenvalue weighted by Crippen LogP contribution is 2.33. The molecule has 1 spiro atoms. The minimum atomic E-state index is -0.444. The second kappa shape index (κ2) is 7.53. The molecule has 1 N–H and O–H groups in total. The van der Waals surface area contributed by atoms with Gasteiger partial charge in [-0.3, -0.25) is 9.69 Å². The number of morpholine rings is 1. The number of aromatic hydroxyl groups is 1. The van der Waals surface area contributed by atoms with Gasteiger partial charge < -0.3 is 14.7 Å². The van der Waals surface area contributed by atoms with Crippen LogP contribution in [0.1, 0.15) is 24.0 Å². The zero-order valence-electron chi connectivity index (χ0n) is 16.0. The molecule has 28 heavy (non-hydrogen) atoms. The number of hydrogen-bond donors (Lipinski definition) is 1. The summed E-state index contributed by atoms with van der Waals surface area (Å²) in [6.07, 6.45) is 1.83. The monoisotopic (exact) mass is 384 g/mol. The average molecular weight is 384 g/mol. The van der Waals surface area contributed by atoms with Gasteiger partial charge in [0.1, 0.15) is 18.2 Å². The molecule has 1 unspecified atom stereocenters. The molecule has 148 valence electrons. The molecule has 2 aliphatic rings. The quantitative estimate of drug-likeness (QED) is 0.883. The Balaban J connectivity index is 1.50. The number of piperidine rings is 1. The molecule has 1 atom stereocenters. The highest BCUT2D eigenvalue weighted by molar-refractivity contribution is 5.95. The number of anilines is 1. The molecule has 2 heterocycles. The van der Waals surface area contributed by atoms with Gasteiger partial charge in [-0.25, -0.2) is 4.39 Å². The number of amides is 1. The first-order valence-corrected chi connectivity index (χ1v) is 9.65. The summed E-state index contributed by atoms with van der Waals surface area (Å²) < 4.78 is 19.3. The lowest BCUT2D eigenvalue weighted by Crippen LogP contribution is -2.61. The summed E-state index contributed by atoms with van der Waals surface area (Å²) in [5.41, 5.74) is 2.17. The molecule has 2 fully saturated rings. The molecule has 2 aromatic rings. The number of ether oxygens (including phenoxy) is 1. The molecule has 2 aromatic carbocycles. The Hall–Kier alpha value is -2.44. The number of carbonyl (C=O) groups is 1. The van der Waals surface area contributed by atoms with E-state index in [0.717, 1.165) is 30.5 Å². The Bertz CT molecular complexity index is 871. The van der Waals surface area contributed by atoms with E-state index in [1.807, 2.05) is 19.1 Å². The first kappa shape index (κ1) is 18.9. The molecule has 6 heteroatoms. The summed E-state index contributed by atoms with van der Waals surface area (Å²) in [7, 11) is 0. The third kappa shape index (κ3) is 3.88. The van der Waals surface area contributed by atoms with Crippen molar-refractivity contribution in [2.24, 2.45) is 0 Å². The SMILES string of the molecule is Cc1ccc(CN2CCCC3(C2)CN(c2ccc(F)cc2)C(=O)CO3)c(O)c1. The van der Waals surface area contributed by atoms with Crippen molar-refractivity contribution in [1.29, 1.82) is 0 Å². The lowest BCUT2D eigenvalue weighted by molar-refractivity contribution is -0.146. The van der Waals surface area contributed by atoms with E-state index in [4.69, 9.17) is 4.74 Å². The van der Waals surface area contributed by atoms with Crippen LogP contribution in [0.5, 0.6) is 5.75 Å². The molecular weight excluding hydrogens is 359 g/mol. The molecular formula is C22H25FN2O3. The second-order valence-corrected chi connectivity index (χ2v) is 7.87. The van der Waals surface area contributed by atoms with Gasteiger partial charge in [0.25, 0.3) is 5.91 Å². The van der Waals surface area contributed by atoms with E-state index in [0.29, 0.717) is 31.1 Å². The van der Waals surface area contributed by atoms with Crippen LogP contribution < -0.4 is 4.90 Å². The summed E-state index contributed by atoms with van der Waals surface area (Å²) in [5, 5.41) is 10.2. The van der Waals surface area contributed by atoms with Gasteiger partial charge in [0, 0.05) is 24.3 Å². The van der Waals surface area contributed by atoms with Crippen LogP contribution in [0.15, 0.2) is 42.5 Å². The third-order valence-electron chi connectivity index (χ3n) is 5.64. The maximum Gasteiger partial charge on any atom is 0.253 e. The van der Waals surface area contributed by atoms with E-state index in [2.05, 4.69) is 4.90 Å². The van der Waals surface area contributed by atoms with E-state index >= 15 is 0 Å². The highest BCUT2D eigenvalue weighted by Gasteiger charge is 2.43. The van der Waals surface area contributed by atoms with Gasteiger partial charge >= 0.3 is 0 Å². The van der Waals surface area contributed by atoms with Crippen molar-refractivity contribution in [3.8, 4) is 5.75 Å². The summed E-state index contributed by atoms with van der Waals surface area (Å²) >= 11 is 0. The number of halogens is 1. The molecule has 5 nitrogen and oxygen atoms in total. The lowest BCUT2D eigenvalue weighted by atomic mass is 9.90. The Labute approximate surface area is 164 Å². The summed E-state index contributed by atoms with van der Waals surface area (Å²) in [6.45, 7) is 4.68. The van der Waals surface area contributed by atoms with Crippen molar-refractivity contribution in [2.45, 2.75) is 31.9 Å². The van der Waals surface area contributed by atoms with E-state index in [1.165, 1.54) is 12.1 Å².